The highest BCUT2D eigenvalue weighted by Crippen LogP contribution is 2.62. The fourth-order valence-electron chi connectivity index (χ4n) is 4.10. The van der Waals surface area contributed by atoms with Gasteiger partial charge in [0.1, 0.15) is 0 Å². The highest BCUT2D eigenvalue weighted by atomic mass is 15.0. The highest BCUT2D eigenvalue weighted by Gasteiger charge is 2.54. The van der Waals surface area contributed by atoms with Gasteiger partial charge in [-0.3, -0.25) is 0 Å². The average Bonchev–Trinajstić information content (AvgIpc) is 2.86. The predicted molar refractivity (Wildman–Crippen MR) is 79.7 cm³/mol. The SMILES string of the molecule is CC(C)CC1CCCC2(C1)CC2CNC(C)(C)C. The van der Waals surface area contributed by atoms with E-state index in [0.29, 0.717) is 0 Å². The van der Waals surface area contributed by atoms with Crippen LogP contribution in [0.15, 0.2) is 0 Å². The molecular weight excluding hydrogens is 218 g/mol. The molecule has 106 valence electrons. The first-order valence-electron chi connectivity index (χ1n) is 8.06. The van der Waals surface area contributed by atoms with Crippen molar-refractivity contribution in [2.75, 3.05) is 6.54 Å². The summed E-state index contributed by atoms with van der Waals surface area (Å²) in [6.45, 7) is 12.9. The second kappa shape index (κ2) is 5.15. The van der Waals surface area contributed by atoms with Gasteiger partial charge in [0.15, 0.2) is 0 Å². The zero-order valence-electron chi connectivity index (χ0n) is 13.2. The van der Waals surface area contributed by atoms with E-state index in [0.717, 1.165) is 23.2 Å². The maximum atomic E-state index is 3.71. The van der Waals surface area contributed by atoms with E-state index in [4.69, 9.17) is 0 Å². The topological polar surface area (TPSA) is 12.0 Å². The maximum absolute atomic E-state index is 3.71. The minimum atomic E-state index is 0.287. The van der Waals surface area contributed by atoms with Crippen molar-refractivity contribution in [3.63, 3.8) is 0 Å². The van der Waals surface area contributed by atoms with Gasteiger partial charge in [0.25, 0.3) is 0 Å². The van der Waals surface area contributed by atoms with Crippen molar-refractivity contribution in [2.24, 2.45) is 23.2 Å². The standard InChI is InChI=1S/C17H33N/c1-13(2)9-14-7-6-8-17(10-14)11-15(17)12-18-16(3,4)5/h13-15,18H,6-12H2,1-5H3. The van der Waals surface area contributed by atoms with Gasteiger partial charge in [-0.25, -0.2) is 0 Å². The zero-order chi connectivity index (χ0) is 13.4. The van der Waals surface area contributed by atoms with Crippen molar-refractivity contribution < 1.29 is 0 Å². The summed E-state index contributed by atoms with van der Waals surface area (Å²) in [6, 6.07) is 0. The minimum absolute atomic E-state index is 0.287. The van der Waals surface area contributed by atoms with Gasteiger partial charge in [0, 0.05) is 5.54 Å². The molecule has 3 atom stereocenters. The molecule has 1 nitrogen and oxygen atoms in total. The molecule has 2 rings (SSSR count). The first-order valence-corrected chi connectivity index (χ1v) is 8.06. The van der Waals surface area contributed by atoms with Crippen molar-refractivity contribution in [2.45, 2.75) is 78.7 Å². The van der Waals surface area contributed by atoms with Gasteiger partial charge in [-0.1, -0.05) is 26.7 Å². The monoisotopic (exact) mass is 251 g/mol. The van der Waals surface area contributed by atoms with Crippen LogP contribution in [0.2, 0.25) is 0 Å². The summed E-state index contributed by atoms with van der Waals surface area (Å²) in [6.07, 6.45) is 8.99. The van der Waals surface area contributed by atoms with Crippen molar-refractivity contribution in [3.8, 4) is 0 Å². The second-order valence-electron chi connectivity index (χ2n) is 8.49. The number of hydrogen-bond donors (Lipinski definition) is 1. The molecule has 0 aromatic rings. The van der Waals surface area contributed by atoms with Gasteiger partial charge in [-0.2, -0.15) is 0 Å². The minimum Gasteiger partial charge on any atom is -0.312 e. The molecule has 0 aliphatic heterocycles. The van der Waals surface area contributed by atoms with Crippen LogP contribution in [0.1, 0.15) is 73.1 Å². The number of hydrogen-bond acceptors (Lipinski definition) is 1. The Balaban J connectivity index is 1.79. The molecule has 1 heteroatoms. The van der Waals surface area contributed by atoms with Crippen LogP contribution in [-0.4, -0.2) is 12.1 Å². The fraction of sp³-hybridized carbons (Fsp3) is 1.00. The molecule has 2 aliphatic carbocycles. The molecule has 0 amide bonds. The summed E-state index contributed by atoms with van der Waals surface area (Å²) < 4.78 is 0. The zero-order valence-corrected chi connectivity index (χ0v) is 13.2. The summed E-state index contributed by atoms with van der Waals surface area (Å²) in [5, 5.41) is 3.71. The Morgan fingerprint density at radius 2 is 1.94 bits per heavy atom. The molecule has 3 unspecified atom stereocenters. The normalized spacial score (nSPS) is 36.3. The van der Waals surface area contributed by atoms with E-state index < -0.39 is 0 Å². The lowest BCUT2D eigenvalue weighted by Gasteiger charge is -2.32. The highest BCUT2D eigenvalue weighted by molar-refractivity contribution is 5.06. The van der Waals surface area contributed by atoms with Gasteiger partial charge >= 0.3 is 0 Å². The van der Waals surface area contributed by atoms with Gasteiger partial charge in [0.05, 0.1) is 0 Å². The predicted octanol–water partition coefficient (Wildman–Crippen LogP) is 4.62. The lowest BCUT2D eigenvalue weighted by Crippen LogP contribution is -2.38. The summed E-state index contributed by atoms with van der Waals surface area (Å²) in [7, 11) is 0. The molecule has 0 heterocycles. The Kier molecular flexibility index (Phi) is 4.11. The third-order valence-electron chi connectivity index (χ3n) is 5.02. The van der Waals surface area contributed by atoms with Crippen LogP contribution in [0.5, 0.6) is 0 Å². The van der Waals surface area contributed by atoms with Crippen LogP contribution in [0.4, 0.5) is 0 Å². The molecule has 1 spiro atoms. The van der Waals surface area contributed by atoms with E-state index >= 15 is 0 Å². The Hall–Kier alpha value is -0.0400. The maximum Gasteiger partial charge on any atom is 0.00966 e. The Labute approximate surface area is 114 Å². The van der Waals surface area contributed by atoms with Crippen LogP contribution in [0.25, 0.3) is 0 Å². The van der Waals surface area contributed by atoms with Crippen LogP contribution >= 0.6 is 0 Å². The van der Waals surface area contributed by atoms with Gasteiger partial charge in [0.2, 0.25) is 0 Å². The molecule has 1 N–H and O–H groups in total. The number of rotatable bonds is 4. The molecule has 0 radical (unpaired) electrons. The van der Waals surface area contributed by atoms with Crippen molar-refractivity contribution in [1.29, 1.82) is 0 Å². The smallest absolute Gasteiger partial charge is 0.00966 e. The summed E-state index contributed by atoms with van der Waals surface area (Å²) in [4.78, 5) is 0. The lowest BCUT2D eigenvalue weighted by molar-refractivity contribution is 0.201. The summed E-state index contributed by atoms with van der Waals surface area (Å²) >= 11 is 0. The van der Waals surface area contributed by atoms with E-state index in [-0.39, 0.29) is 5.54 Å². The van der Waals surface area contributed by atoms with E-state index in [2.05, 4.69) is 39.9 Å². The Bertz CT molecular complexity index is 276. The molecule has 2 fully saturated rings. The second-order valence-corrected chi connectivity index (χ2v) is 8.49. The Morgan fingerprint density at radius 1 is 1.22 bits per heavy atom. The lowest BCUT2D eigenvalue weighted by atomic mass is 9.75. The van der Waals surface area contributed by atoms with E-state index in [9.17, 15) is 0 Å². The van der Waals surface area contributed by atoms with E-state index in [1.165, 1.54) is 45.1 Å². The van der Waals surface area contributed by atoms with Crippen LogP contribution < -0.4 is 5.32 Å². The van der Waals surface area contributed by atoms with Crippen LogP contribution in [-0.2, 0) is 0 Å². The van der Waals surface area contributed by atoms with Gasteiger partial charge in [-0.15, -0.1) is 0 Å². The fourth-order valence-corrected chi connectivity index (χ4v) is 4.10. The quantitative estimate of drug-likeness (QED) is 0.769. The largest absolute Gasteiger partial charge is 0.312 e. The first-order chi connectivity index (χ1) is 8.31. The molecule has 0 aromatic carbocycles. The molecule has 2 saturated carbocycles. The summed E-state index contributed by atoms with van der Waals surface area (Å²) in [5.41, 5.74) is 1.05. The molecule has 0 saturated heterocycles. The van der Waals surface area contributed by atoms with E-state index in [1.807, 2.05) is 0 Å². The molecule has 0 aromatic heterocycles. The van der Waals surface area contributed by atoms with Gasteiger partial charge < -0.3 is 5.32 Å². The summed E-state index contributed by atoms with van der Waals surface area (Å²) in [5.74, 6) is 2.89. The Morgan fingerprint density at radius 3 is 2.56 bits per heavy atom. The first kappa shape index (κ1) is 14.4. The van der Waals surface area contributed by atoms with Crippen LogP contribution in [0.3, 0.4) is 0 Å². The third-order valence-corrected chi connectivity index (χ3v) is 5.02. The molecular formula is C17H33N. The van der Waals surface area contributed by atoms with Crippen molar-refractivity contribution in [3.05, 3.63) is 0 Å². The van der Waals surface area contributed by atoms with Crippen LogP contribution in [0, 0.1) is 23.2 Å². The van der Waals surface area contributed by atoms with Crippen molar-refractivity contribution in [1.82, 2.24) is 5.32 Å². The molecule has 18 heavy (non-hydrogen) atoms. The third kappa shape index (κ3) is 3.73. The molecule has 0 bridgehead atoms. The van der Waals surface area contributed by atoms with Gasteiger partial charge in [-0.05, 0) is 76.2 Å². The van der Waals surface area contributed by atoms with Crippen molar-refractivity contribution >= 4 is 0 Å². The number of nitrogens with one attached hydrogen (secondary N) is 1. The molecule has 2 aliphatic rings. The average molecular weight is 251 g/mol. The van der Waals surface area contributed by atoms with E-state index in [1.54, 1.807) is 0 Å².